The highest BCUT2D eigenvalue weighted by molar-refractivity contribution is 5.75. The first kappa shape index (κ1) is 14.9. The zero-order valence-electron chi connectivity index (χ0n) is 9.63. The van der Waals surface area contributed by atoms with Crippen molar-refractivity contribution in [1.29, 1.82) is 0 Å². The number of carbonyl (C=O) groups is 2. The molecule has 0 heterocycles. The smallest absolute Gasteiger partial charge is 0.303 e. The standard InChI is InChI=1S/C11H21N2O3/c1-2-7-12-8-9-13-10(14)5-3-4-6-11(15)16/h12H,1-9H2,(H,13,14)(H,15,16). The summed E-state index contributed by atoms with van der Waals surface area (Å²) in [6.45, 7) is 5.90. The minimum absolute atomic E-state index is 0.0122. The Balaban J connectivity index is 3.21. The Kier molecular flexibility index (Phi) is 9.70. The molecule has 0 aliphatic rings. The predicted molar refractivity (Wildman–Crippen MR) is 62.0 cm³/mol. The van der Waals surface area contributed by atoms with Crippen molar-refractivity contribution in [2.45, 2.75) is 32.1 Å². The third-order valence-corrected chi connectivity index (χ3v) is 2.02. The van der Waals surface area contributed by atoms with Crippen LogP contribution in [0.4, 0.5) is 0 Å². The average Bonchev–Trinajstić information content (AvgIpc) is 2.24. The lowest BCUT2D eigenvalue weighted by Gasteiger charge is -2.05. The maximum atomic E-state index is 11.2. The Hall–Kier alpha value is -1.10. The van der Waals surface area contributed by atoms with Crippen LogP contribution in [0.5, 0.6) is 0 Å². The van der Waals surface area contributed by atoms with Crippen LogP contribution in [0.1, 0.15) is 32.1 Å². The van der Waals surface area contributed by atoms with E-state index >= 15 is 0 Å². The molecule has 16 heavy (non-hydrogen) atoms. The number of unbranched alkanes of at least 4 members (excludes halogenated alkanes) is 1. The summed E-state index contributed by atoms with van der Waals surface area (Å²) in [6.07, 6.45) is 2.57. The first-order valence-corrected chi connectivity index (χ1v) is 5.65. The first-order chi connectivity index (χ1) is 7.66. The second-order valence-corrected chi connectivity index (χ2v) is 3.55. The molecule has 3 N–H and O–H groups in total. The van der Waals surface area contributed by atoms with E-state index in [2.05, 4.69) is 17.6 Å². The number of rotatable bonds is 10. The maximum absolute atomic E-state index is 11.2. The summed E-state index contributed by atoms with van der Waals surface area (Å²) < 4.78 is 0. The third kappa shape index (κ3) is 11.0. The van der Waals surface area contributed by atoms with Gasteiger partial charge in [-0.1, -0.05) is 6.92 Å². The zero-order valence-corrected chi connectivity index (χ0v) is 9.63. The van der Waals surface area contributed by atoms with Gasteiger partial charge in [0.15, 0.2) is 0 Å². The van der Waals surface area contributed by atoms with Crippen molar-refractivity contribution in [2.24, 2.45) is 0 Å². The van der Waals surface area contributed by atoms with E-state index in [4.69, 9.17) is 5.11 Å². The second kappa shape index (κ2) is 10.4. The molecule has 0 fully saturated rings. The Morgan fingerprint density at radius 1 is 1.06 bits per heavy atom. The molecule has 1 radical (unpaired) electrons. The number of carboxylic acids is 1. The van der Waals surface area contributed by atoms with E-state index in [-0.39, 0.29) is 12.3 Å². The van der Waals surface area contributed by atoms with Crippen LogP contribution >= 0.6 is 0 Å². The van der Waals surface area contributed by atoms with Gasteiger partial charge in [0.1, 0.15) is 0 Å². The number of carbonyl (C=O) groups excluding carboxylic acids is 1. The van der Waals surface area contributed by atoms with Crippen molar-refractivity contribution >= 4 is 11.9 Å². The van der Waals surface area contributed by atoms with Gasteiger partial charge < -0.3 is 15.7 Å². The Labute approximate surface area is 96.6 Å². The summed E-state index contributed by atoms with van der Waals surface area (Å²) in [5.41, 5.74) is 0. The van der Waals surface area contributed by atoms with Gasteiger partial charge in [0, 0.05) is 25.9 Å². The van der Waals surface area contributed by atoms with E-state index in [1.165, 1.54) is 0 Å². The molecule has 0 saturated carbocycles. The zero-order chi connectivity index (χ0) is 12.2. The Morgan fingerprint density at radius 2 is 1.75 bits per heavy atom. The van der Waals surface area contributed by atoms with Crippen LogP contribution in [-0.2, 0) is 9.59 Å². The lowest BCUT2D eigenvalue weighted by molar-refractivity contribution is -0.137. The number of aliphatic carboxylic acids is 1. The molecule has 0 aromatic heterocycles. The molecule has 0 aromatic rings. The summed E-state index contributed by atoms with van der Waals surface area (Å²) in [5, 5.41) is 14.3. The SMILES string of the molecule is [CH2]CCNCCNC(=O)CCCCC(=O)O. The molecule has 0 unspecified atom stereocenters. The molecule has 0 spiro atoms. The largest absolute Gasteiger partial charge is 0.481 e. The van der Waals surface area contributed by atoms with Crippen LogP contribution in [0.15, 0.2) is 0 Å². The fourth-order valence-electron chi connectivity index (χ4n) is 1.19. The summed E-state index contributed by atoms with van der Waals surface area (Å²) >= 11 is 0. The highest BCUT2D eigenvalue weighted by Crippen LogP contribution is 1.99. The molecule has 5 heteroatoms. The number of hydrogen-bond acceptors (Lipinski definition) is 3. The molecule has 0 aliphatic heterocycles. The monoisotopic (exact) mass is 229 g/mol. The van der Waals surface area contributed by atoms with Crippen LogP contribution in [-0.4, -0.2) is 36.6 Å². The van der Waals surface area contributed by atoms with Gasteiger partial charge in [0.25, 0.3) is 0 Å². The van der Waals surface area contributed by atoms with Crippen LogP contribution in [0.2, 0.25) is 0 Å². The molecule has 93 valence electrons. The van der Waals surface area contributed by atoms with E-state index in [0.29, 0.717) is 25.8 Å². The minimum atomic E-state index is -0.808. The van der Waals surface area contributed by atoms with E-state index in [1.807, 2.05) is 0 Å². The fraction of sp³-hybridized carbons (Fsp3) is 0.727. The molecule has 0 rings (SSSR count). The van der Waals surface area contributed by atoms with E-state index in [0.717, 1.165) is 19.5 Å². The molecule has 0 saturated heterocycles. The first-order valence-electron chi connectivity index (χ1n) is 5.65. The maximum Gasteiger partial charge on any atom is 0.303 e. The van der Waals surface area contributed by atoms with Gasteiger partial charge in [-0.05, 0) is 25.8 Å². The van der Waals surface area contributed by atoms with Crippen LogP contribution < -0.4 is 10.6 Å². The number of hydrogen-bond donors (Lipinski definition) is 3. The van der Waals surface area contributed by atoms with E-state index in [9.17, 15) is 9.59 Å². The number of amides is 1. The molecule has 0 aliphatic carbocycles. The fourth-order valence-corrected chi connectivity index (χ4v) is 1.19. The summed E-state index contributed by atoms with van der Waals surface area (Å²) in [7, 11) is 0. The average molecular weight is 229 g/mol. The molecular formula is C11H21N2O3. The number of nitrogens with one attached hydrogen (secondary N) is 2. The number of carboxylic acid groups (broad SMARTS) is 1. The molecule has 0 atom stereocenters. The van der Waals surface area contributed by atoms with E-state index < -0.39 is 5.97 Å². The van der Waals surface area contributed by atoms with Crippen LogP contribution in [0.3, 0.4) is 0 Å². The molecule has 1 amide bonds. The molecule has 5 nitrogen and oxygen atoms in total. The predicted octanol–water partition coefficient (Wildman–Crippen LogP) is 0.561. The van der Waals surface area contributed by atoms with Gasteiger partial charge in [-0.3, -0.25) is 9.59 Å². The van der Waals surface area contributed by atoms with Gasteiger partial charge in [-0.2, -0.15) is 0 Å². The van der Waals surface area contributed by atoms with Gasteiger partial charge in [0.05, 0.1) is 0 Å². The summed E-state index contributed by atoms with van der Waals surface area (Å²) in [4.78, 5) is 21.4. The Morgan fingerprint density at radius 3 is 2.38 bits per heavy atom. The van der Waals surface area contributed by atoms with Crippen molar-refractivity contribution in [3.63, 3.8) is 0 Å². The van der Waals surface area contributed by atoms with Crippen molar-refractivity contribution in [2.75, 3.05) is 19.6 Å². The Bertz CT molecular complexity index is 207. The van der Waals surface area contributed by atoms with Crippen molar-refractivity contribution in [3.05, 3.63) is 6.92 Å². The third-order valence-electron chi connectivity index (χ3n) is 2.02. The lowest BCUT2D eigenvalue weighted by Crippen LogP contribution is -2.31. The quantitative estimate of drug-likeness (QED) is 0.478. The molecule has 0 bridgehead atoms. The van der Waals surface area contributed by atoms with Crippen molar-refractivity contribution in [3.8, 4) is 0 Å². The second-order valence-electron chi connectivity index (χ2n) is 3.55. The van der Waals surface area contributed by atoms with E-state index in [1.54, 1.807) is 0 Å². The summed E-state index contributed by atoms with van der Waals surface area (Å²) in [6, 6.07) is 0. The molecular weight excluding hydrogens is 208 g/mol. The van der Waals surface area contributed by atoms with Gasteiger partial charge in [0.2, 0.25) is 5.91 Å². The molecule has 0 aromatic carbocycles. The topological polar surface area (TPSA) is 78.4 Å². The van der Waals surface area contributed by atoms with Gasteiger partial charge in [-0.25, -0.2) is 0 Å². The minimum Gasteiger partial charge on any atom is -0.481 e. The summed E-state index contributed by atoms with van der Waals surface area (Å²) in [5.74, 6) is -0.820. The van der Waals surface area contributed by atoms with Gasteiger partial charge in [-0.15, -0.1) is 0 Å². The lowest BCUT2D eigenvalue weighted by atomic mass is 10.2. The normalized spacial score (nSPS) is 10.1. The van der Waals surface area contributed by atoms with Crippen LogP contribution in [0.25, 0.3) is 0 Å². The highest BCUT2D eigenvalue weighted by Gasteiger charge is 2.01. The van der Waals surface area contributed by atoms with Crippen molar-refractivity contribution < 1.29 is 14.7 Å². The van der Waals surface area contributed by atoms with Crippen LogP contribution in [0, 0.1) is 6.92 Å². The van der Waals surface area contributed by atoms with Crippen molar-refractivity contribution in [1.82, 2.24) is 10.6 Å². The highest BCUT2D eigenvalue weighted by atomic mass is 16.4. The van der Waals surface area contributed by atoms with Gasteiger partial charge >= 0.3 is 5.97 Å².